The second kappa shape index (κ2) is 8.67. The molecule has 196 valence electrons. The molecule has 1 N–H and O–H groups in total. The van der Waals surface area contributed by atoms with E-state index in [0.29, 0.717) is 12.8 Å². The third-order valence-corrected chi connectivity index (χ3v) is 6.10. The number of ketones is 1. The summed E-state index contributed by atoms with van der Waals surface area (Å²) in [7, 11) is 1.41. The molecule has 0 radical (unpaired) electrons. The van der Waals surface area contributed by atoms with Gasteiger partial charge in [0.05, 0.1) is 31.0 Å². The highest BCUT2D eigenvalue weighted by molar-refractivity contribution is 5.99. The minimum absolute atomic E-state index is 0.00415. The van der Waals surface area contributed by atoms with Crippen molar-refractivity contribution in [1.29, 1.82) is 0 Å². The van der Waals surface area contributed by atoms with Gasteiger partial charge in [0.2, 0.25) is 5.82 Å². The standard InChI is InChI=1S/C22H18F3N9O4/c1-11(35)9-33-17(36)15-16(32(2)20(33)38)29-10-34(15)21(3-4-21)19(37)31-14-8-26-7-13(30-14)12-5-27-18(28-6-12)22(23,24)25/h5-8,10H,3-4,9H2,1-2H3,(H,30,31,37). The Morgan fingerprint density at radius 2 is 1.76 bits per heavy atom. The predicted octanol–water partition coefficient (Wildman–Crippen LogP) is 0.879. The lowest BCUT2D eigenvalue weighted by Crippen LogP contribution is -2.42. The number of carbonyl (C=O) groups is 2. The van der Waals surface area contributed by atoms with E-state index in [4.69, 9.17) is 0 Å². The van der Waals surface area contributed by atoms with Gasteiger partial charge in [-0.05, 0) is 19.8 Å². The maximum atomic E-state index is 13.4. The average molecular weight is 529 g/mol. The second-order valence-electron chi connectivity index (χ2n) is 8.79. The molecule has 4 aromatic rings. The van der Waals surface area contributed by atoms with Gasteiger partial charge in [0.15, 0.2) is 17.0 Å². The summed E-state index contributed by atoms with van der Waals surface area (Å²) in [6, 6.07) is 0. The Balaban J connectivity index is 1.47. The van der Waals surface area contributed by atoms with Crippen LogP contribution in [-0.4, -0.2) is 50.3 Å². The van der Waals surface area contributed by atoms with E-state index < -0.39 is 47.0 Å². The molecule has 1 amide bonds. The highest BCUT2D eigenvalue weighted by atomic mass is 19.4. The Morgan fingerprint density at radius 1 is 1.08 bits per heavy atom. The van der Waals surface area contributed by atoms with Crippen LogP contribution in [0.2, 0.25) is 0 Å². The number of aromatic nitrogens is 8. The summed E-state index contributed by atoms with van der Waals surface area (Å²) in [6.07, 6.45) is 1.70. The van der Waals surface area contributed by atoms with Crippen molar-refractivity contribution in [3.8, 4) is 11.3 Å². The molecule has 0 saturated heterocycles. The summed E-state index contributed by atoms with van der Waals surface area (Å²) < 4.78 is 41.5. The predicted molar refractivity (Wildman–Crippen MR) is 124 cm³/mol. The normalized spacial score (nSPS) is 14.4. The Bertz CT molecular complexity index is 1720. The van der Waals surface area contributed by atoms with Crippen LogP contribution >= 0.6 is 0 Å². The fourth-order valence-corrected chi connectivity index (χ4v) is 4.06. The van der Waals surface area contributed by atoms with Gasteiger partial charge in [0.1, 0.15) is 11.3 Å². The van der Waals surface area contributed by atoms with Crippen molar-refractivity contribution in [1.82, 2.24) is 38.6 Å². The highest BCUT2D eigenvalue weighted by Gasteiger charge is 2.53. The molecule has 1 aliphatic carbocycles. The van der Waals surface area contributed by atoms with Crippen molar-refractivity contribution in [2.24, 2.45) is 7.05 Å². The molecular formula is C22H18F3N9O4. The first-order valence-corrected chi connectivity index (χ1v) is 11.1. The molecule has 0 aromatic carbocycles. The first kappa shape index (κ1) is 24.9. The number of nitrogens with zero attached hydrogens (tertiary/aromatic N) is 8. The summed E-state index contributed by atoms with van der Waals surface area (Å²) in [5.74, 6) is -2.24. The van der Waals surface area contributed by atoms with Crippen LogP contribution in [0.25, 0.3) is 22.4 Å². The SMILES string of the molecule is CC(=O)Cn1c(=O)c2c(ncn2C2(C(=O)Nc3cncc(-c4cnc(C(F)(F)F)nc4)n3)CC2)n(C)c1=O. The van der Waals surface area contributed by atoms with Crippen LogP contribution in [-0.2, 0) is 34.9 Å². The van der Waals surface area contributed by atoms with E-state index in [9.17, 15) is 32.3 Å². The maximum absolute atomic E-state index is 13.4. The molecule has 5 rings (SSSR count). The molecule has 0 bridgehead atoms. The lowest BCUT2D eigenvalue weighted by atomic mass is 10.2. The number of anilines is 1. The number of imidazole rings is 1. The van der Waals surface area contributed by atoms with Crippen LogP contribution in [0.4, 0.5) is 19.0 Å². The minimum atomic E-state index is -4.70. The Morgan fingerprint density at radius 3 is 2.37 bits per heavy atom. The number of Topliss-reactive ketones (excluding diaryl/α,β-unsaturated/α-hetero) is 1. The van der Waals surface area contributed by atoms with Crippen LogP contribution < -0.4 is 16.6 Å². The number of rotatable bonds is 6. The van der Waals surface area contributed by atoms with Gasteiger partial charge in [-0.25, -0.2) is 24.7 Å². The quantitative estimate of drug-likeness (QED) is 0.382. The number of hydrogen-bond donors (Lipinski definition) is 1. The summed E-state index contributed by atoms with van der Waals surface area (Å²) >= 11 is 0. The molecule has 1 aliphatic rings. The summed E-state index contributed by atoms with van der Waals surface area (Å²) in [4.78, 5) is 69.7. The molecular weight excluding hydrogens is 511 g/mol. The van der Waals surface area contributed by atoms with Gasteiger partial charge in [-0.15, -0.1) is 0 Å². The molecule has 16 heteroatoms. The largest absolute Gasteiger partial charge is 0.451 e. The lowest BCUT2D eigenvalue weighted by molar-refractivity contribution is -0.145. The van der Waals surface area contributed by atoms with Crippen molar-refractivity contribution in [2.45, 2.75) is 38.0 Å². The molecule has 4 aromatic heterocycles. The van der Waals surface area contributed by atoms with Gasteiger partial charge >= 0.3 is 11.9 Å². The van der Waals surface area contributed by atoms with Crippen molar-refractivity contribution >= 4 is 28.7 Å². The average Bonchev–Trinajstić information content (AvgIpc) is 3.56. The van der Waals surface area contributed by atoms with Gasteiger partial charge in [0, 0.05) is 25.0 Å². The van der Waals surface area contributed by atoms with Crippen LogP contribution in [0.15, 0.2) is 40.7 Å². The zero-order chi connectivity index (χ0) is 27.4. The lowest BCUT2D eigenvalue weighted by Gasteiger charge is -2.18. The van der Waals surface area contributed by atoms with Crippen LogP contribution in [0.3, 0.4) is 0 Å². The van der Waals surface area contributed by atoms with Gasteiger partial charge in [-0.2, -0.15) is 13.2 Å². The van der Waals surface area contributed by atoms with Crippen LogP contribution in [0, 0.1) is 0 Å². The maximum Gasteiger partial charge on any atom is 0.451 e. The summed E-state index contributed by atoms with van der Waals surface area (Å²) in [5, 5.41) is 2.62. The minimum Gasteiger partial charge on any atom is -0.309 e. The van der Waals surface area contributed by atoms with Crippen molar-refractivity contribution in [2.75, 3.05) is 5.32 Å². The molecule has 38 heavy (non-hydrogen) atoms. The molecule has 1 fully saturated rings. The van der Waals surface area contributed by atoms with E-state index >= 15 is 0 Å². The Kier molecular flexibility index (Phi) is 5.68. The number of carbonyl (C=O) groups excluding carboxylic acids is 2. The van der Waals surface area contributed by atoms with Gasteiger partial charge < -0.3 is 9.88 Å². The van der Waals surface area contributed by atoms with E-state index in [0.717, 1.165) is 21.5 Å². The second-order valence-corrected chi connectivity index (χ2v) is 8.79. The molecule has 0 aliphatic heterocycles. The zero-order valence-corrected chi connectivity index (χ0v) is 19.9. The molecule has 0 atom stereocenters. The molecule has 0 unspecified atom stereocenters. The van der Waals surface area contributed by atoms with E-state index in [1.807, 2.05) is 0 Å². The number of nitrogens with one attached hydrogen (secondary N) is 1. The van der Waals surface area contributed by atoms with Crippen LogP contribution in [0.1, 0.15) is 25.6 Å². The fraction of sp³-hybridized carbons (Fsp3) is 0.318. The van der Waals surface area contributed by atoms with Crippen molar-refractivity contribution in [3.05, 3.63) is 57.8 Å². The number of alkyl halides is 3. The first-order chi connectivity index (χ1) is 17.9. The number of halogens is 3. The molecule has 1 saturated carbocycles. The van der Waals surface area contributed by atoms with Crippen LogP contribution in [0.5, 0.6) is 0 Å². The summed E-state index contributed by atoms with van der Waals surface area (Å²) in [6.45, 7) is 0.816. The molecule has 4 heterocycles. The van der Waals surface area contributed by atoms with E-state index in [1.165, 1.54) is 37.3 Å². The van der Waals surface area contributed by atoms with Crippen molar-refractivity contribution in [3.63, 3.8) is 0 Å². The van der Waals surface area contributed by atoms with Gasteiger partial charge in [-0.1, -0.05) is 0 Å². The topological polar surface area (TPSA) is 160 Å². The highest BCUT2D eigenvalue weighted by Crippen LogP contribution is 2.45. The monoisotopic (exact) mass is 529 g/mol. The van der Waals surface area contributed by atoms with Gasteiger partial charge in [-0.3, -0.25) is 28.5 Å². The number of fused-ring (bicyclic) bond motifs is 1. The first-order valence-electron chi connectivity index (χ1n) is 11.1. The third kappa shape index (κ3) is 4.12. The smallest absolute Gasteiger partial charge is 0.309 e. The van der Waals surface area contributed by atoms with E-state index in [2.05, 4.69) is 30.2 Å². The summed E-state index contributed by atoms with van der Waals surface area (Å²) in [5.41, 5.74) is -2.36. The Hall–Kier alpha value is -4.76. The van der Waals surface area contributed by atoms with E-state index in [1.54, 1.807) is 0 Å². The Labute approximate surface area is 210 Å². The number of hydrogen-bond acceptors (Lipinski definition) is 9. The van der Waals surface area contributed by atoms with Crippen molar-refractivity contribution < 1.29 is 22.8 Å². The van der Waals surface area contributed by atoms with E-state index in [-0.39, 0.29) is 28.2 Å². The third-order valence-electron chi connectivity index (χ3n) is 6.10. The number of aryl methyl sites for hydroxylation is 1. The number of amides is 1. The fourth-order valence-electron chi connectivity index (χ4n) is 4.06. The molecule has 13 nitrogen and oxygen atoms in total. The zero-order valence-electron chi connectivity index (χ0n) is 19.9. The molecule has 0 spiro atoms. The van der Waals surface area contributed by atoms with Gasteiger partial charge in [0.25, 0.3) is 11.5 Å².